The molecule has 134 valence electrons. The fourth-order valence-electron chi connectivity index (χ4n) is 2.92. The highest BCUT2D eigenvalue weighted by molar-refractivity contribution is 6.21. The number of fused-ring (bicyclic) bond motifs is 1. The third-order valence-corrected chi connectivity index (χ3v) is 4.25. The number of rotatable bonds is 6. The molecule has 2 aromatic rings. The third kappa shape index (κ3) is 3.28. The largest absolute Gasteiger partial charge is 0.371 e. The Morgan fingerprint density at radius 1 is 1.00 bits per heavy atom. The van der Waals surface area contributed by atoms with E-state index in [1.54, 1.807) is 38.1 Å². The molecule has 1 aliphatic rings. The lowest BCUT2D eigenvalue weighted by molar-refractivity contribution is 0.0179. The number of carbonyl (C=O) groups is 3. The highest BCUT2D eigenvalue weighted by atomic mass is 19.1. The maximum absolute atomic E-state index is 12.9. The topological polar surface area (TPSA) is 63.7 Å². The van der Waals surface area contributed by atoms with Gasteiger partial charge in [0.2, 0.25) is 0 Å². The summed E-state index contributed by atoms with van der Waals surface area (Å²) >= 11 is 0. The minimum absolute atomic E-state index is 0.00536. The van der Waals surface area contributed by atoms with E-state index in [9.17, 15) is 18.8 Å². The molecule has 0 N–H and O–H groups in total. The number of imide groups is 1. The monoisotopic (exact) mass is 355 g/mol. The molecule has 2 amide bonds. The van der Waals surface area contributed by atoms with Crippen LogP contribution in [0.5, 0.6) is 0 Å². The Morgan fingerprint density at radius 2 is 1.54 bits per heavy atom. The van der Waals surface area contributed by atoms with Gasteiger partial charge in [-0.25, -0.2) is 4.39 Å². The van der Waals surface area contributed by atoms with Crippen LogP contribution in [0.2, 0.25) is 0 Å². The molecule has 0 fully saturated rings. The smallest absolute Gasteiger partial charge is 0.262 e. The van der Waals surface area contributed by atoms with Crippen molar-refractivity contribution >= 4 is 17.6 Å². The highest BCUT2D eigenvalue weighted by Gasteiger charge is 2.44. The van der Waals surface area contributed by atoms with Crippen LogP contribution in [-0.4, -0.2) is 41.3 Å². The van der Waals surface area contributed by atoms with Crippen molar-refractivity contribution < 1.29 is 23.5 Å². The number of carbonyl (C=O) groups excluding carboxylic acids is 3. The van der Waals surface area contributed by atoms with Crippen LogP contribution < -0.4 is 0 Å². The number of ketones is 1. The van der Waals surface area contributed by atoms with Crippen molar-refractivity contribution in [3.05, 3.63) is 71.0 Å². The summed E-state index contributed by atoms with van der Waals surface area (Å²) in [5.74, 6) is -1.47. The molecular weight excluding hydrogens is 337 g/mol. The van der Waals surface area contributed by atoms with Gasteiger partial charge in [-0.15, -0.1) is 0 Å². The second-order valence-electron chi connectivity index (χ2n) is 6.73. The summed E-state index contributed by atoms with van der Waals surface area (Å²) in [4.78, 5) is 38.3. The first-order chi connectivity index (χ1) is 12.3. The maximum Gasteiger partial charge on any atom is 0.262 e. The highest BCUT2D eigenvalue weighted by Crippen LogP contribution is 2.29. The first-order valence-electron chi connectivity index (χ1n) is 8.16. The van der Waals surface area contributed by atoms with E-state index in [1.165, 1.54) is 29.2 Å². The number of Topliss-reactive ketones (excluding diaryl/α,β-unsaturated/α-hetero) is 1. The summed E-state index contributed by atoms with van der Waals surface area (Å²) in [7, 11) is 0. The predicted octanol–water partition coefficient (Wildman–Crippen LogP) is 3.10. The third-order valence-electron chi connectivity index (χ3n) is 4.25. The summed E-state index contributed by atoms with van der Waals surface area (Å²) in [6, 6.07) is 11.8. The minimum atomic E-state index is -0.920. The van der Waals surface area contributed by atoms with Crippen molar-refractivity contribution in [2.75, 3.05) is 13.2 Å². The van der Waals surface area contributed by atoms with Crippen molar-refractivity contribution in [2.24, 2.45) is 0 Å². The van der Waals surface area contributed by atoms with Gasteiger partial charge in [-0.2, -0.15) is 0 Å². The molecule has 0 bridgehead atoms. The molecule has 0 saturated carbocycles. The van der Waals surface area contributed by atoms with Gasteiger partial charge in [0.05, 0.1) is 23.3 Å². The molecule has 5 nitrogen and oxygen atoms in total. The first-order valence-corrected chi connectivity index (χ1v) is 8.16. The van der Waals surface area contributed by atoms with Crippen molar-refractivity contribution in [3.8, 4) is 0 Å². The van der Waals surface area contributed by atoms with Gasteiger partial charge in [-0.05, 0) is 50.2 Å². The van der Waals surface area contributed by atoms with Gasteiger partial charge in [-0.3, -0.25) is 19.3 Å². The van der Waals surface area contributed by atoms with Crippen LogP contribution in [0.15, 0.2) is 48.5 Å². The van der Waals surface area contributed by atoms with E-state index in [0.29, 0.717) is 16.7 Å². The second kappa shape index (κ2) is 6.80. The average Bonchev–Trinajstić information content (AvgIpc) is 2.87. The summed E-state index contributed by atoms with van der Waals surface area (Å²) < 4.78 is 18.4. The SMILES string of the molecule is CC(C)(COCC(=O)c1ccc(F)cc1)N1C(=O)c2ccccc2C1=O. The number of hydrogen-bond acceptors (Lipinski definition) is 4. The predicted molar refractivity (Wildman–Crippen MR) is 92.6 cm³/mol. The van der Waals surface area contributed by atoms with Crippen molar-refractivity contribution in [3.63, 3.8) is 0 Å². The van der Waals surface area contributed by atoms with Crippen LogP contribution in [0.25, 0.3) is 0 Å². The van der Waals surface area contributed by atoms with E-state index < -0.39 is 11.4 Å². The zero-order chi connectivity index (χ0) is 18.9. The Balaban J connectivity index is 1.64. The lowest BCUT2D eigenvalue weighted by Gasteiger charge is -2.33. The fourth-order valence-corrected chi connectivity index (χ4v) is 2.92. The number of amides is 2. The van der Waals surface area contributed by atoms with Gasteiger partial charge in [0.1, 0.15) is 12.4 Å². The Bertz CT molecular complexity index is 839. The zero-order valence-corrected chi connectivity index (χ0v) is 14.5. The lowest BCUT2D eigenvalue weighted by atomic mass is 10.0. The molecule has 26 heavy (non-hydrogen) atoms. The molecular formula is C20H18FNO4. The summed E-state index contributed by atoms with van der Waals surface area (Å²) in [6.45, 7) is 3.19. The molecule has 1 aliphatic heterocycles. The maximum atomic E-state index is 12.9. The van der Waals surface area contributed by atoms with Gasteiger partial charge < -0.3 is 4.74 Å². The molecule has 1 heterocycles. The van der Waals surface area contributed by atoms with Crippen molar-refractivity contribution in [1.29, 1.82) is 0 Å². The normalized spacial score (nSPS) is 13.9. The first kappa shape index (κ1) is 17.9. The van der Waals surface area contributed by atoms with Crippen LogP contribution in [-0.2, 0) is 4.74 Å². The Morgan fingerprint density at radius 3 is 2.08 bits per heavy atom. The van der Waals surface area contributed by atoms with E-state index in [2.05, 4.69) is 0 Å². The molecule has 0 aromatic heterocycles. The van der Waals surface area contributed by atoms with Crippen molar-refractivity contribution in [1.82, 2.24) is 4.90 Å². The van der Waals surface area contributed by atoms with Crippen LogP contribution >= 0.6 is 0 Å². The molecule has 0 atom stereocenters. The molecule has 2 aromatic carbocycles. The average molecular weight is 355 g/mol. The van der Waals surface area contributed by atoms with Crippen LogP contribution in [0.3, 0.4) is 0 Å². The molecule has 6 heteroatoms. The Labute approximate surface area is 150 Å². The molecule has 3 rings (SSSR count). The minimum Gasteiger partial charge on any atom is -0.371 e. The number of hydrogen-bond donors (Lipinski definition) is 0. The van der Waals surface area contributed by atoms with E-state index in [0.717, 1.165) is 0 Å². The quantitative estimate of drug-likeness (QED) is 0.590. The van der Waals surface area contributed by atoms with E-state index in [1.807, 2.05) is 0 Å². The summed E-state index contributed by atoms with van der Waals surface area (Å²) in [6.07, 6.45) is 0. The van der Waals surface area contributed by atoms with Gasteiger partial charge in [-0.1, -0.05) is 12.1 Å². The number of ether oxygens (including phenoxy) is 1. The number of nitrogens with zero attached hydrogens (tertiary/aromatic N) is 1. The molecule has 0 radical (unpaired) electrons. The van der Waals surface area contributed by atoms with Crippen LogP contribution in [0.4, 0.5) is 4.39 Å². The lowest BCUT2D eigenvalue weighted by Crippen LogP contribution is -2.50. The van der Waals surface area contributed by atoms with Gasteiger partial charge in [0.25, 0.3) is 11.8 Å². The number of benzene rings is 2. The Kier molecular flexibility index (Phi) is 4.70. The molecule has 0 spiro atoms. The molecule has 0 unspecified atom stereocenters. The van der Waals surface area contributed by atoms with E-state index in [-0.39, 0.29) is 30.8 Å². The van der Waals surface area contributed by atoms with Gasteiger partial charge in [0.15, 0.2) is 5.78 Å². The molecule has 0 aliphatic carbocycles. The standard InChI is InChI=1S/C20H18FNO4/c1-20(2,12-26-11-17(23)13-7-9-14(21)10-8-13)22-18(24)15-5-3-4-6-16(15)19(22)25/h3-10H,11-12H2,1-2H3. The van der Waals surface area contributed by atoms with Gasteiger partial charge in [0, 0.05) is 5.56 Å². The zero-order valence-electron chi connectivity index (χ0n) is 14.5. The van der Waals surface area contributed by atoms with E-state index in [4.69, 9.17) is 4.74 Å². The van der Waals surface area contributed by atoms with Crippen molar-refractivity contribution in [2.45, 2.75) is 19.4 Å². The van der Waals surface area contributed by atoms with E-state index >= 15 is 0 Å². The summed E-state index contributed by atoms with van der Waals surface area (Å²) in [5.41, 5.74) is 0.154. The fraction of sp³-hybridized carbons (Fsp3) is 0.250. The van der Waals surface area contributed by atoms with Gasteiger partial charge >= 0.3 is 0 Å². The Hall–Kier alpha value is -2.86. The summed E-state index contributed by atoms with van der Waals surface area (Å²) in [5, 5.41) is 0. The number of halogens is 1. The molecule has 0 saturated heterocycles. The van der Waals surface area contributed by atoms with Crippen LogP contribution in [0, 0.1) is 5.82 Å². The second-order valence-corrected chi connectivity index (χ2v) is 6.73. The van der Waals surface area contributed by atoms with Crippen LogP contribution in [0.1, 0.15) is 44.9 Å².